The summed E-state index contributed by atoms with van der Waals surface area (Å²) in [4.78, 5) is 0. The van der Waals surface area contributed by atoms with Crippen LogP contribution in [0.2, 0.25) is 0 Å². The summed E-state index contributed by atoms with van der Waals surface area (Å²) in [6, 6.07) is 8.26. The molecule has 0 fully saturated rings. The minimum Gasteiger partial charge on any atom is -0.382 e. The number of anilines is 1. The summed E-state index contributed by atoms with van der Waals surface area (Å²) in [6.45, 7) is 4.29. The van der Waals surface area contributed by atoms with Crippen LogP contribution in [0.1, 0.15) is 18.1 Å². The minimum atomic E-state index is 0.530. The molecule has 3 heteroatoms. The Morgan fingerprint density at radius 3 is 2.67 bits per heavy atom. The molecule has 0 aliphatic heterocycles. The lowest BCUT2D eigenvalue weighted by Gasteiger charge is -2.04. The van der Waals surface area contributed by atoms with E-state index in [0.717, 1.165) is 17.7 Å². The van der Waals surface area contributed by atoms with Gasteiger partial charge in [0.25, 0.3) is 0 Å². The zero-order chi connectivity index (χ0) is 10.8. The zero-order valence-electron chi connectivity index (χ0n) is 9.04. The van der Waals surface area contributed by atoms with Crippen molar-refractivity contribution in [2.45, 2.75) is 20.3 Å². The van der Waals surface area contributed by atoms with Gasteiger partial charge in [0.05, 0.1) is 5.69 Å². The molecule has 78 valence electrons. The van der Waals surface area contributed by atoms with E-state index in [4.69, 9.17) is 5.73 Å². The van der Waals surface area contributed by atoms with Crippen LogP contribution in [-0.2, 0) is 6.42 Å². The van der Waals surface area contributed by atoms with E-state index in [1.165, 1.54) is 11.1 Å². The Bertz CT molecular complexity index is 471. The molecule has 0 aliphatic rings. The van der Waals surface area contributed by atoms with E-state index >= 15 is 0 Å². The first kappa shape index (κ1) is 9.77. The Morgan fingerprint density at radius 2 is 2.13 bits per heavy atom. The van der Waals surface area contributed by atoms with Gasteiger partial charge < -0.3 is 5.73 Å². The molecular formula is C12H15N3. The van der Waals surface area contributed by atoms with E-state index in [2.05, 4.69) is 42.2 Å². The third-order valence-electron chi connectivity index (χ3n) is 2.63. The van der Waals surface area contributed by atoms with Gasteiger partial charge in [0.1, 0.15) is 5.82 Å². The van der Waals surface area contributed by atoms with Crippen LogP contribution in [0.3, 0.4) is 0 Å². The predicted molar refractivity (Wildman–Crippen MR) is 62.6 cm³/mol. The maximum atomic E-state index is 5.57. The lowest BCUT2D eigenvalue weighted by atomic mass is 10.0. The average molecular weight is 201 g/mol. The highest BCUT2D eigenvalue weighted by atomic mass is 15.2. The van der Waals surface area contributed by atoms with Gasteiger partial charge in [-0.3, -0.25) is 5.10 Å². The Balaban J connectivity index is 2.42. The molecule has 0 spiro atoms. The van der Waals surface area contributed by atoms with Crippen molar-refractivity contribution in [2.75, 3.05) is 5.73 Å². The number of nitrogens with zero attached hydrogens (tertiary/aromatic N) is 1. The van der Waals surface area contributed by atoms with Crippen LogP contribution in [-0.4, -0.2) is 10.2 Å². The first-order valence-electron chi connectivity index (χ1n) is 5.11. The highest BCUT2D eigenvalue weighted by molar-refractivity contribution is 5.63. The maximum absolute atomic E-state index is 5.57. The fraction of sp³-hybridized carbons (Fsp3) is 0.250. The third kappa shape index (κ3) is 1.86. The summed E-state index contributed by atoms with van der Waals surface area (Å²) >= 11 is 0. The summed E-state index contributed by atoms with van der Waals surface area (Å²) in [5.74, 6) is 0.530. The molecule has 1 aromatic carbocycles. The molecule has 3 nitrogen and oxygen atoms in total. The van der Waals surface area contributed by atoms with Gasteiger partial charge in [0.15, 0.2) is 0 Å². The van der Waals surface area contributed by atoms with Gasteiger partial charge in [0.2, 0.25) is 0 Å². The van der Waals surface area contributed by atoms with Crippen LogP contribution in [0.15, 0.2) is 24.3 Å². The number of aromatic amines is 1. The number of hydrogen-bond donors (Lipinski definition) is 2. The number of hydrogen-bond acceptors (Lipinski definition) is 2. The molecule has 0 amide bonds. The van der Waals surface area contributed by atoms with Crippen molar-refractivity contribution in [1.29, 1.82) is 0 Å². The van der Waals surface area contributed by atoms with Crippen molar-refractivity contribution in [3.05, 3.63) is 35.4 Å². The van der Waals surface area contributed by atoms with Gasteiger partial charge in [0, 0.05) is 6.07 Å². The van der Waals surface area contributed by atoms with E-state index in [1.54, 1.807) is 0 Å². The second-order valence-corrected chi connectivity index (χ2v) is 3.70. The average Bonchev–Trinajstić information content (AvgIpc) is 2.65. The summed E-state index contributed by atoms with van der Waals surface area (Å²) < 4.78 is 0. The predicted octanol–water partition coefficient (Wildman–Crippen LogP) is 2.53. The van der Waals surface area contributed by atoms with Crippen molar-refractivity contribution in [1.82, 2.24) is 10.2 Å². The highest BCUT2D eigenvalue weighted by Crippen LogP contribution is 2.21. The first-order valence-corrected chi connectivity index (χ1v) is 5.11. The molecule has 2 rings (SSSR count). The molecular weight excluding hydrogens is 186 g/mol. The second kappa shape index (κ2) is 3.77. The topological polar surface area (TPSA) is 54.7 Å². The second-order valence-electron chi connectivity index (χ2n) is 3.70. The molecule has 15 heavy (non-hydrogen) atoms. The number of nitrogen functional groups attached to an aromatic ring is 1. The molecule has 0 aliphatic carbocycles. The normalized spacial score (nSPS) is 10.5. The van der Waals surface area contributed by atoms with Gasteiger partial charge in [-0.15, -0.1) is 0 Å². The molecule has 0 atom stereocenters. The quantitative estimate of drug-likeness (QED) is 0.784. The van der Waals surface area contributed by atoms with E-state index < -0.39 is 0 Å². The van der Waals surface area contributed by atoms with E-state index in [0.29, 0.717) is 5.82 Å². The fourth-order valence-corrected chi connectivity index (χ4v) is 1.75. The molecule has 0 saturated carbocycles. The number of benzene rings is 1. The SMILES string of the molecule is CCc1ccc(-c2cc(N)n[nH]2)cc1C. The Morgan fingerprint density at radius 1 is 1.33 bits per heavy atom. The van der Waals surface area contributed by atoms with Gasteiger partial charge in [-0.1, -0.05) is 19.1 Å². The number of aryl methyl sites for hydroxylation is 2. The number of nitrogens with two attached hydrogens (primary N) is 1. The van der Waals surface area contributed by atoms with E-state index in [9.17, 15) is 0 Å². The third-order valence-corrected chi connectivity index (χ3v) is 2.63. The summed E-state index contributed by atoms with van der Waals surface area (Å²) in [6.07, 6.45) is 1.07. The van der Waals surface area contributed by atoms with Crippen molar-refractivity contribution < 1.29 is 0 Å². The van der Waals surface area contributed by atoms with Crippen LogP contribution in [0, 0.1) is 6.92 Å². The van der Waals surface area contributed by atoms with Gasteiger partial charge in [-0.05, 0) is 36.1 Å². The maximum Gasteiger partial charge on any atom is 0.145 e. The number of rotatable bonds is 2. The van der Waals surface area contributed by atoms with Crippen LogP contribution >= 0.6 is 0 Å². The summed E-state index contributed by atoms with van der Waals surface area (Å²) in [7, 11) is 0. The Hall–Kier alpha value is -1.77. The van der Waals surface area contributed by atoms with Gasteiger partial charge in [-0.25, -0.2) is 0 Å². The molecule has 0 saturated heterocycles. The number of H-pyrrole nitrogens is 1. The van der Waals surface area contributed by atoms with E-state index in [-0.39, 0.29) is 0 Å². The Labute approximate surface area is 89.3 Å². The lowest BCUT2D eigenvalue weighted by molar-refractivity contribution is 1.09. The first-order chi connectivity index (χ1) is 7.20. The van der Waals surface area contributed by atoms with Crippen molar-refractivity contribution in [3.63, 3.8) is 0 Å². The highest BCUT2D eigenvalue weighted by Gasteiger charge is 2.03. The number of aromatic nitrogens is 2. The zero-order valence-corrected chi connectivity index (χ0v) is 9.04. The smallest absolute Gasteiger partial charge is 0.145 e. The molecule has 3 N–H and O–H groups in total. The van der Waals surface area contributed by atoms with Crippen molar-refractivity contribution >= 4 is 5.82 Å². The standard InChI is InChI=1S/C12H15N3/c1-3-9-4-5-10(6-8(9)2)11-7-12(13)15-14-11/h4-7H,3H2,1-2H3,(H3,13,14,15). The van der Waals surface area contributed by atoms with Crippen LogP contribution in [0.25, 0.3) is 11.3 Å². The van der Waals surface area contributed by atoms with Gasteiger partial charge in [-0.2, -0.15) is 5.10 Å². The molecule has 1 heterocycles. The lowest BCUT2D eigenvalue weighted by Crippen LogP contribution is -1.87. The molecule has 0 unspecified atom stereocenters. The van der Waals surface area contributed by atoms with E-state index in [1.807, 2.05) is 6.07 Å². The van der Waals surface area contributed by atoms with Crippen LogP contribution in [0.4, 0.5) is 5.82 Å². The van der Waals surface area contributed by atoms with Crippen LogP contribution < -0.4 is 5.73 Å². The van der Waals surface area contributed by atoms with Crippen molar-refractivity contribution in [2.24, 2.45) is 0 Å². The molecule has 0 radical (unpaired) electrons. The largest absolute Gasteiger partial charge is 0.382 e. The number of nitrogens with one attached hydrogen (secondary N) is 1. The minimum absolute atomic E-state index is 0.530. The summed E-state index contributed by atoms with van der Waals surface area (Å²) in [5.41, 5.74) is 10.4. The fourth-order valence-electron chi connectivity index (χ4n) is 1.75. The van der Waals surface area contributed by atoms with Crippen molar-refractivity contribution in [3.8, 4) is 11.3 Å². The van der Waals surface area contributed by atoms with Gasteiger partial charge >= 0.3 is 0 Å². The summed E-state index contributed by atoms with van der Waals surface area (Å²) in [5, 5.41) is 6.83. The molecule has 1 aromatic heterocycles. The Kier molecular flexibility index (Phi) is 2.46. The molecule has 2 aromatic rings. The molecule has 0 bridgehead atoms. The monoisotopic (exact) mass is 201 g/mol. The van der Waals surface area contributed by atoms with Crippen LogP contribution in [0.5, 0.6) is 0 Å².